The molecule has 0 bridgehead atoms. The Hall–Kier alpha value is -2.76. The zero-order valence-electron chi connectivity index (χ0n) is 9.76. The Morgan fingerprint density at radius 3 is 2.42 bits per heavy atom. The van der Waals surface area contributed by atoms with E-state index in [4.69, 9.17) is 0 Å². The third-order valence-corrected chi connectivity index (χ3v) is 2.25. The summed E-state index contributed by atoms with van der Waals surface area (Å²) in [5.41, 5.74) is 0.338. The average molecular weight is 259 g/mol. The molecule has 0 saturated heterocycles. The van der Waals surface area contributed by atoms with Crippen LogP contribution < -0.4 is 10.6 Å². The number of aromatic nitrogens is 1. The van der Waals surface area contributed by atoms with Crippen molar-refractivity contribution in [3.8, 4) is 0 Å². The van der Waals surface area contributed by atoms with Crippen LogP contribution in [-0.2, 0) is 9.59 Å². The first-order valence-electron chi connectivity index (χ1n) is 5.43. The quantitative estimate of drug-likeness (QED) is 0.808. The van der Waals surface area contributed by atoms with Crippen molar-refractivity contribution in [2.75, 3.05) is 10.6 Å². The first kappa shape index (κ1) is 12.7. The van der Waals surface area contributed by atoms with Gasteiger partial charge >= 0.3 is 11.8 Å². The van der Waals surface area contributed by atoms with Crippen molar-refractivity contribution in [2.45, 2.75) is 0 Å². The molecule has 2 amide bonds. The highest BCUT2D eigenvalue weighted by molar-refractivity contribution is 6.43. The molecule has 0 radical (unpaired) electrons. The van der Waals surface area contributed by atoms with Crippen LogP contribution in [0.4, 0.5) is 15.8 Å². The largest absolute Gasteiger partial charge is 0.316 e. The molecule has 1 aromatic carbocycles. The lowest BCUT2D eigenvalue weighted by Crippen LogP contribution is -2.29. The number of amides is 2. The van der Waals surface area contributed by atoms with E-state index in [9.17, 15) is 14.0 Å². The third-order valence-electron chi connectivity index (χ3n) is 2.25. The van der Waals surface area contributed by atoms with Crippen molar-refractivity contribution in [3.63, 3.8) is 0 Å². The highest BCUT2D eigenvalue weighted by Gasteiger charge is 2.15. The SMILES string of the molecule is O=C(Nc1cccnc1)C(=O)Nc1ccccc1F. The predicted octanol–water partition coefficient (Wildman–Crippen LogP) is 1.80. The minimum Gasteiger partial charge on any atom is -0.316 e. The molecule has 0 saturated carbocycles. The van der Waals surface area contributed by atoms with E-state index in [1.807, 2.05) is 0 Å². The molecule has 0 atom stereocenters. The molecule has 6 heteroatoms. The summed E-state index contributed by atoms with van der Waals surface area (Å²) in [5.74, 6) is -2.45. The second kappa shape index (κ2) is 5.72. The second-order valence-corrected chi connectivity index (χ2v) is 3.63. The van der Waals surface area contributed by atoms with Crippen molar-refractivity contribution in [2.24, 2.45) is 0 Å². The molecular formula is C13H10FN3O2. The van der Waals surface area contributed by atoms with Gasteiger partial charge in [0.15, 0.2) is 0 Å². The van der Waals surface area contributed by atoms with E-state index in [-0.39, 0.29) is 5.69 Å². The maximum atomic E-state index is 13.3. The minimum atomic E-state index is -0.950. The first-order chi connectivity index (χ1) is 9.16. The van der Waals surface area contributed by atoms with Crippen molar-refractivity contribution in [3.05, 3.63) is 54.6 Å². The average Bonchev–Trinajstić information content (AvgIpc) is 2.42. The van der Waals surface area contributed by atoms with Crippen LogP contribution in [0.2, 0.25) is 0 Å². The van der Waals surface area contributed by atoms with E-state index in [0.29, 0.717) is 5.69 Å². The van der Waals surface area contributed by atoms with Crippen molar-refractivity contribution in [1.29, 1.82) is 0 Å². The summed E-state index contributed by atoms with van der Waals surface area (Å²) in [7, 11) is 0. The fourth-order valence-corrected chi connectivity index (χ4v) is 1.37. The topological polar surface area (TPSA) is 71.1 Å². The van der Waals surface area contributed by atoms with E-state index < -0.39 is 17.6 Å². The van der Waals surface area contributed by atoms with Crippen LogP contribution in [0.3, 0.4) is 0 Å². The molecule has 0 aliphatic rings. The molecule has 0 spiro atoms. The number of carbonyl (C=O) groups is 2. The van der Waals surface area contributed by atoms with Crippen LogP contribution in [0.25, 0.3) is 0 Å². The van der Waals surface area contributed by atoms with Gasteiger partial charge in [0.05, 0.1) is 17.6 Å². The van der Waals surface area contributed by atoms with E-state index in [0.717, 1.165) is 0 Å². The van der Waals surface area contributed by atoms with Gasteiger partial charge in [-0.15, -0.1) is 0 Å². The number of halogens is 1. The molecule has 0 aliphatic carbocycles. The summed E-state index contributed by atoms with van der Waals surface area (Å²) in [6.07, 6.45) is 2.93. The first-order valence-corrected chi connectivity index (χ1v) is 5.43. The number of pyridine rings is 1. The summed E-state index contributed by atoms with van der Waals surface area (Å²) >= 11 is 0. The molecule has 2 rings (SSSR count). The van der Waals surface area contributed by atoms with E-state index in [1.165, 1.54) is 30.6 Å². The zero-order valence-corrected chi connectivity index (χ0v) is 9.76. The lowest BCUT2D eigenvalue weighted by Gasteiger charge is -2.06. The van der Waals surface area contributed by atoms with Gasteiger partial charge < -0.3 is 10.6 Å². The number of hydrogen-bond acceptors (Lipinski definition) is 3. The molecule has 96 valence electrons. The second-order valence-electron chi connectivity index (χ2n) is 3.63. The number of carbonyl (C=O) groups excluding carboxylic acids is 2. The molecule has 0 aliphatic heterocycles. The Morgan fingerprint density at radius 1 is 1.00 bits per heavy atom. The van der Waals surface area contributed by atoms with Gasteiger partial charge in [-0.05, 0) is 24.3 Å². The van der Waals surface area contributed by atoms with Crippen molar-refractivity contribution >= 4 is 23.2 Å². The van der Waals surface area contributed by atoms with Crippen molar-refractivity contribution in [1.82, 2.24) is 4.98 Å². The number of para-hydroxylation sites is 1. The molecule has 1 heterocycles. The monoisotopic (exact) mass is 259 g/mol. The van der Waals surface area contributed by atoms with Gasteiger partial charge in [0.2, 0.25) is 0 Å². The Balaban J connectivity index is 2.01. The van der Waals surface area contributed by atoms with Crippen LogP contribution in [0.1, 0.15) is 0 Å². The molecule has 0 unspecified atom stereocenters. The standard InChI is InChI=1S/C13H10FN3O2/c14-10-5-1-2-6-11(10)17-13(19)12(18)16-9-4-3-7-15-8-9/h1-8H,(H,16,18)(H,17,19). The predicted molar refractivity (Wildman–Crippen MR) is 67.9 cm³/mol. The Morgan fingerprint density at radius 2 is 1.74 bits per heavy atom. The molecule has 5 nitrogen and oxygen atoms in total. The smallest absolute Gasteiger partial charge is 0.314 e. The van der Waals surface area contributed by atoms with E-state index in [1.54, 1.807) is 18.2 Å². The Kier molecular flexibility index (Phi) is 3.82. The van der Waals surface area contributed by atoms with Crippen LogP contribution in [0.15, 0.2) is 48.8 Å². The number of nitrogens with one attached hydrogen (secondary N) is 2. The third kappa shape index (κ3) is 3.35. The number of anilines is 2. The van der Waals surface area contributed by atoms with Crippen LogP contribution in [-0.4, -0.2) is 16.8 Å². The van der Waals surface area contributed by atoms with E-state index in [2.05, 4.69) is 15.6 Å². The van der Waals surface area contributed by atoms with Gasteiger partial charge in [-0.1, -0.05) is 12.1 Å². The van der Waals surface area contributed by atoms with Crippen LogP contribution in [0.5, 0.6) is 0 Å². The minimum absolute atomic E-state index is 0.0474. The summed E-state index contributed by atoms with van der Waals surface area (Å²) < 4.78 is 13.3. The molecule has 2 N–H and O–H groups in total. The van der Waals surface area contributed by atoms with Crippen molar-refractivity contribution < 1.29 is 14.0 Å². The lowest BCUT2D eigenvalue weighted by atomic mass is 10.3. The number of hydrogen-bond donors (Lipinski definition) is 2. The maximum Gasteiger partial charge on any atom is 0.314 e. The van der Waals surface area contributed by atoms with Gasteiger partial charge in [-0.25, -0.2) is 4.39 Å². The van der Waals surface area contributed by atoms with Gasteiger partial charge in [0, 0.05) is 6.20 Å². The number of benzene rings is 1. The van der Waals surface area contributed by atoms with E-state index >= 15 is 0 Å². The zero-order chi connectivity index (χ0) is 13.7. The normalized spacial score (nSPS) is 9.74. The van der Waals surface area contributed by atoms with Gasteiger partial charge in [0.25, 0.3) is 0 Å². The van der Waals surface area contributed by atoms with Crippen LogP contribution in [0, 0.1) is 5.82 Å². The highest BCUT2D eigenvalue weighted by atomic mass is 19.1. The summed E-state index contributed by atoms with van der Waals surface area (Å²) in [5, 5.41) is 4.53. The summed E-state index contributed by atoms with van der Waals surface area (Å²) in [6, 6.07) is 8.79. The fourth-order valence-electron chi connectivity index (χ4n) is 1.37. The number of rotatable bonds is 2. The molecule has 1 aromatic heterocycles. The summed E-state index contributed by atoms with van der Waals surface area (Å²) in [4.78, 5) is 26.9. The Labute approximate surface area is 108 Å². The van der Waals surface area contributed by atoms with Gasteiger partial charge in [0.1, 0.15) is 5.82 Å². The lowest BCUT2D eigenvalue weighted by molar-refractivity contribution is -0.133. The number of nitrogens with zero attached hydrogens (tertiary/aromatic N) is 1. The van der Waals surface area contributed by atoms with Gasteiger partial charge in [-0.2, -0.15) is 0 Å². The molecule has 19 heavy (non-hydrogen) atoms. The fraction of sp³-hybridized carbons (Fsp3) is 0. The molecular weight excluding hydrogens is 249 g/mol. The molecule has 2 aromatic rings. The summed E-state index contributed by atoms with van der Waals surface area (Å²) in [6.45, 7) is 0. The van der Waals surface area contributed by atoms with Crippen LogP contribution >= 0.6 is 0 Å². The highest BCUT2D eigenvalue weighted by Crippen LogP contribution is 2.12. The Bertz CT molecular complexity index is 602. The maximum absolute atomic E-state index is 13.3. The van der Waals surface area contributed by atoms with Gasteiger partial charge in [-0.3, -0.25) is 14.6 Å². The molecule has 0 fully saturated rings.